The maximum Gasteiger partial charge on any atom is 0.243 e. The van der Waals surface area contributed by atoms with Crippen LogP contribution in [0.2, 0.25) is 0 Å². The van der Waals surface area contributed by atoms with Gasteiger partial charge < -0.3 is 82.3 Å². The van der Waals surface area contributed by atoms with E-state index in [1.807, 2.05) is 104 Å². The quantitative estimate of drug-likeness (QED) is 0.0868. The number of aliphatic hydroxyl groups excluding tert-OH is 2. The van der Waals surface area contributed by atoms with Crippen LogP contribution in [0.15, 0.2) is 48.5 Å². The van der Waals surface area contributed by atoms with Crippen LogP contribution >= 0.6 is 0 Å². The zero-order valence-corrected chi connectivity index (χ0v) is 30.7. The lowest BCUT2D eigenvalue weighted by Gasteiger charge is -2.39. The molecule has 0 bridgehead atoms. The molecule has 4 N–H and O–H groups in total. The lowest BCUT2D eigenvalue weighted by molar-refractivity contribution is -0.907. The molecular formula is C32H54Br2N2O8. The Morgan fingerprint density at radius 3 is 1.11 bits per heavy atom. The van der Waals surface area contributed by atoms with Gasteiger partial charge in [-0.2, -0.15) is 0 Å². The van der Waals surface area contributed by atoms with E-state index in [2.05, 4.69) is 0 Å². The first-order valence-electron chi connectivity index (χ1n) is 14.8. The second-order valence-electron chi connectivity index (χ2n) is 12.0. The first-order valence-corrected chi connectivity index (χ1v) is 14.8. The minimum Gasteiger partial charge on any atom is -1.00 e. The number of hydrogen-bond acceptors (Lipinski definition) is 8. The van der Waals surface area contributed by atoms with Gasteiger partial charge in [0.2, 0.25) is 24.2 Å². The zero-order chi connectivity index (χ0) is 31.6. The molecule has 10 nitrogen and oxygen atoms in total. The number of aliphatic hydroxyl groups is 4. The Bertz CT molecular complexity index is 989. The van der Waals surface area contributed by atoms with E-state index < -0.39 is 24.2 Å². The van der Waals surface area contributed by atoms with E-state index in [9.17, 15) is 20.4 Å². The van der Waals surface area contributed by atoms with E-state index in [0.29, 0.717) is 50.6 Å². The summed E-state index contributed by atoms with van der Waals surface area (Å²) in [4.78, 5) is 0. The van der Waals surface area contributed by atoms with Crippen LogP contribution in [-0.4, -0.2) is 123 Å². The highest BCUT2D eigenvalue weighted by Crippen LogP contribution is 2.31. The molecule has 0 radical (unpaired) electrons. The van der Waals surface area contributed by atoms with Crippen molar-refractivity contribution < 1.29 is 82.3 Å². The van der Waals surface area contributed by atoms with Gasteiger partial charge in [0.1, 0.15) is 26.2 Å². The smallest absolute Gasteiger partial charge is 0.243 e. The summed E-state index contributed by atoms with van der Waals surface area (Å²) < 4.78 is 22.8. The molecule has 2 aromatic rings. The molecule has 4 atom stereocenters. The van der Waals surface area contributed by atoms with Crippen LogP contribution < -0.4 is 34.0 Å². The fourth-order valence-electron chi connectivity index (χ4n) is 5.39. The first kappa shape index (κ1) is 43.0. The van der Waals surface area contributed by atoms with Crippen LogP contribution in [-0.2, 0) is 30.5 Å². The third-order valence-electron chi connectivity index (χ3n) is 7.08. The van der Waals surface area contributed by atoms with Crippen LogP contribution in [0.25, 0.3) is 11.1 Å². The average Bonchev–Trinajstić information content (AvgIpc) is 2.88. The second kappa shape index (κ2) is 19.0. The molecular weight excluding hydrogens is 700 g/mol. The van der Waals surface area contributed by atoms with Gasteiger partial charge in [-0.25, -0.2) is 0 Å². The Morgan fingerprint density at radius 2 is 0.864 bits per heavy atom. The number of quaternary nitrogens is 2. The molecule has 0 aliphatic rings. The fraction of sp³-hybridized carbons (Fsp3) is 0.625. The van der Waals surface area contributed by atoms with Gasteiger partial charge in [-0.15, -0.1) is 0 Å². The van der Waals surface area contributed by atoms with Crippen molar-refractivity contribution in [2.24, 2.45) is 0 Å². The van der Waals surface area contributed by atoms with Crippen molar-refractivity contribution in [3.63, 3.8) is 0 Å². The summed E-state index contributed by atoms with van der Waals surface area (Å²) in [7, 11) is 7.64. The summed E-state index contributed by atoms with van der Waals surface area (Å²) in [6.45, 7) is 9.78. The van der Waals surface area contributed by atoms with Crippen LogP contribution in [0.5, 0.6) is 0 Å². The molecule has 0 aliphatic heterocycles. The highest BCUT2D eigenvalue weighted by atomic mass is 79.9. The number of likely N-dealkylation sites (N-methyl/N-ethyl adjacent to an activating group) is 2. The number of benzene rings is 2. The third kappa shape index (κ3) is 13.0. The maximum atomic E-state index is 11.5. The Balaban J connectivity index is 0.00000924. The molecule has 0 spiro atoms. The molecule has 4 unspecified atom stereocenters. The van der Waals surface area contributed by atoms with Gasteiger partial charge >= 0.3 is 0 Å². The Morgan fingerprint density at radius 1 is 0.568 bits per heavy atom. The number of halogens is 2. The summed E-state index contributed by atoms with van der Waals surface area (Å²) in [6.07, 6.45) is -1.87. The first-order chi connectivity index (χ1) is 19.6. The molecule has 2 rings (SSSR count). The fourth-order valence-corrected chi connectivity index (χ4v) is 5.39. The maximum absolute atomic E-state index is 11.5. The molecule has 0 saturated carbocycles. The Hall–Kier alpha value is -1.00. The standard InChI is InChI=1S/C32H54N2O8.2BrH/c1-9-39-29(35)21-33(5,6)23-31(37,41-11-3)27-17-13-25(14-18-27)26-15-19-28(20-16-26)32(38,42-12-4)24-34(7,8)22-30(36)40-10-2;;/h13-20,29-30,35-38H,9-12,21-24H2,1-8H3;2*1H/q+2;;/p-2. The highest BCUT2D eigenvalue weighted by molar-refractivity contribution is 5.64. The van der Waals surface area contributed by atoms with E-state index in [1.54, 1.807) is 0 Å². The van der Waals surface area contributed by atoms with Gasteiger partial charge in [-0.05, 0) is 38.8 Å². The molecule has 0 fully saturated rings. The van der Waals surface area contributed by atoms with Crippen molar-refractivity contribution in [2.75, 3.05) is 80.8 Å². The largest absolute Gasteiger partial charge is 1.00 e. The van der Waals surface area contributed by atoms with Crippen molar-refractivity contribution in [1.82, 2.24) is 0 Å². The number of nitrogens with zero attached hydrogens (tertiary/aromatic N) is 2. The summed E-state index contributed by atoms with van der Waals surface area (Å²) in [6, 6.07) is 15.1. The monoisotopic (exact) mass is 752 g/mol. The molecule has 0 heterocycles. The van der Waals surface area contributed by atoms with Crippen LogP contribution in [0.3, 0.4) is 0 Å². The zero-order valence-electron chi connectivity index (χ0n) is 27.5. The molecule has 0 saturated heterocycles. The van der Waals surface area contributed by atoms with Gasteiger partial charge in [-0.1, -0.05) is 48.5 Å². The van der Waals surface area contributed by atoms with Crippen molar-refractivity contribution in [1.29, 1.82) is 0 Å². The molecule has 44 heavy (non-hydrogen) atoms. The van der Waals surface area contributed by atoms with E-state index >= 15 is 0 Å². The van der Waals surface area contributed by atoms with Gasteiger partial charge in [0, 0.05) is 37.6 Å². The lowest BCUT2D eigenvalue weighted by Crippen LogP contribution is -3.00. The van der Waals surface area contributed by atoms with Gasteiger partial charge in [-0.3, -0.25) is 0 Å². The number of ether oxygens (including phenoxy) is 4. The SMILES string of the molecule is CCOC(O)C[N+](C)(C)CC(O)(OCC)c1ccc(-c2ccc(C(O)(C[N+](C)(C)CC(O)OCC)OCC)cc2)cc1.[Br-].[Br-]. The lowest BCUT2D eigenvalue weighted by atomic mass is 9.96. The van der Waals surface area contributed by atoms with Crippen molar-refractivity contribution in [2.45, 2.75) is 51.8 Å². The molecule has 254 valence electrons. The van der Waals surface area contributed by atoms with Crippen LogP contribution in [0, 0.1) is 0 Å². The summed E-state index contributed by atoms with van der Waals surface area (Å²) in [5.74, 6) is -3.11. The Labute approximate surface area is 284 Å². The van der Waals surface area contributed by atoms with E-state index in [1.165, 1.54) is 0 Å². The third-order valence-corrected chi connectivity index (χ3v) is 7.08. The van der Waals surface area contributed by atoms with E-state index in [4.69, 9.17) is 18.9 Å². The summed E-state index contributed by atoms with van der Waals surface area (Å²) in [5.41, 5.74) is 3.09. The van der Waals surface area contributed by atoms with E-state index in [-0.39, 0.29) is 56.0 Å². The molecule has 2 aromatic carbocycles. The van der Waals surface area contributed by atoms with Gasteiger partial charge in [0.25, 0.3) is 0 Å². The molecule has 0 amide bonds. The Kier molecular flexibility index (Phi) is 18.5. The average molecular weight is 755 g/mol. The normalized spacial score (nSPS) is 16.2. The van der Waals surface area contributed by atoms with Gasteiger partial charge in [0.05, 0.1) is 28.2 Å². The van der Waals surface area contributed by atoms with E-state index in [0.717, 1.165) is 11.1 Å². The summed E-state index contributed by atoms with van der Waals surface area (Å²) in [5, 5.41) is 43.4. The minimum atomic E-state index is -1.55. The van der Waals surface area contributed by atoms with Crippen LogP contribution in [0.4, 0.5) is 0 Å². The van der Waals surface area contributed by atoms with Crippen LogP contribution in [0.1, 0.15) is 38.8 Å². The second-order valence-corrected chi connectivity index (χ2v) is 12.0. The van der Waals surface area contributed by atoms with Crippen molar-refractivity contribution in [3.8, 4) is 11.1 Å². The van der Waals surface area contributed by atoms with Gasteiger partial charge in [0.15, 0.2) is 0 Å². The molecule has 12 heteroatoms. The number of hydrogen-bond donors (Lipinski definition) is 4. The molecule has 0 aliphatic carbocycles. The predicted molar refractivity (Wildman–Crippen MR) is 162 cm³/mol. The predicted octanol–water partition coefficient (Wildman–Crippen LogP) is -3.41. The molecule has 0 aromatic heterocycles. The number of rotatable bonds is 19. The minimum absolute atomic E-state index is 0. The van der Waals surface area contributed by atoms with Crippen molar-refractivity contribution >= 4 is 0 Å². The van der Waals surface area contributed by atoms with Crippen molar-refractivity contribution in [3.05, 3.63) is 59.7 Å². The highest BCUT2D eigenvalue weighted by Gasteiger charge is 2.40. The summed E-state index contributed by atoms with van der Waals surface area (Å²) >= 11 is 0. The topological polar surface area (TPSA) is 118 Å².